The predicted octanol–water partition coefficient (Wildman–Crippen LogP) is 2.22. The smallest absolute Gasteiger partial charge is 0.243 e. The number of nitrogens with one attached hydrogen (secondary N) is 1. The van der Waals surface area contributed by atoms with Gasteiger partial charge >= 0.3 is 0 Å². The SMILES string of the molecule is CCC(C)[C@H](N)C(=O)Nc1ncc(Br)s1. The molecule has 0 aliphatic rings. The van der Waals surface area contributed by atoms with Crippen molar-refractivity contribution in [3.8, 4) is 0 Å². The number of rotatable bonds is 4. The summed E-state index contributed by atoms with van der Waals surface area (Å²) in [4.78, 5) is 15.6. The normalized spacial score (nSPS) is 14.7. The van der Waals surface area contributed by atoms with E-state index in [1.54, 1.807) is 6.20 Å². The van der Waals surface area contributed by atoms with Gasteiger partial charge in [0.25, 0.3) is 0 Å². The van der Waals surface area contributed by atoms with Crippen LogP contribution in [0.3, 0.4) is 0 Å². The minimum atomic E-state index is -0.474. The topological polar surface area (TPSA) is 68.0 Å². The molecule has 1 aromatic heterocycles. The first-order valence-corrected chi connectivity index (χ1v) is 6.33. The fraction of sp³-hybridized carbons (Fsp3) is 0.556. The molecule has 0 saturated carbocycles. The van der Waals surface area contributed by atoms with Crippen molar-refractivity contribution in [3.05, 3.63) is 9.98 Å². The van der Waals surface area contributed by atoms with Crippen LogP contribution in [0.4, 0.5) is 5.13 Å². The molecule has 0 spiro atoms. The molecule has 4 nitrogen and oxygen atoms in total. The second-order valence-electron chi connectivity index (χ2n) is 3.37. The summed E-state index contributed by atoms with van der Waals surface area (Å²) in [6, 6.07) is -0.474. The van der Waals surface area contributed by atoms with Gasteiger partial charge in [0.05, 0.1) is 16.0 Å². The van der Waals surface area contributed by atoms with E-state index < -0.39 is 6.04 Å². The monoisotopic (exact) mass is 291 g/mol. The van der Waals surface area contributed by atoms with Gasteiger partial charge in [0, 0.05) is 0 Å². The van der Waals surface area contributed by atoms with Gasteiger partial charge in [-0.05, 0) is 21.8 Å². The van der Waals surface area contributed by atoms with Crippen LogP contribution in [-0.2, 0) is 4.79 Å². The van der Waals surface area contributed by atoms with E-state index in [0.29, 0.717) is 5.13 Å². The maximum absolute atomic E-state index is 11.6. The second-order valence-corrected chi connectivity index (χ2v) is 5.78. The van der Waals surface area contributed by atoms with Crippen LogP contribution in [0, 0.1) is 5.92 Å². The van der Waals surface area contributed by atoms with E-state index in [1.165, 1.54) is 11.3 Å². The van der Waals surface area contributed by atoms with Gasteiger partial charge in [-0.3, -0.25) is 4.79 Å². The lowest BCUT2D eigenvalue weighted by molar-refractivity contribution is -0.118. The van der Waals surface area contributed by atoms with Crippen LogP contribution in [0.2, 0.25) is 0 Å². The second kappa shape index (κ2) is 5.58. The number of anilines is 1. The van der Waals surface area contributed by atoms with Gasteiger partial charge in [-0.2, -0.15) is 0 Å². The van der Waals surface area contributed by atoms with E-state index in [1.807, 2.05) is 13.8 Å². The van der Waals surface area contributed by atoms with E-state index in [2.05, 4.69) is 26.2 Å². The molecule has 6 heteroatoms. The van der Waals surface area contributed by atoms with E-state index >= 15 is 0 Å². The van der Waals surface area contributed by atoms with Crippen LogP contribution in [0.1, 0.15) is 20.3 Å². The third-order valence-electron chi connectivity index (χ3n) is 2.27. The average Bonchev–Trinajstić information content (AvgIpc) is 2.61. The zero-order chi connectivity index (χ0) is 11.4. The molecule has 0 saturated heterocycles. The summed E-state index contributed by atoms with van der Waals surface area (Å²) in [5.41, 5.74) is 5.78. The molecule has 0 radical (unpaired) electrons. The van der Waals surface area contributed by atoms with E-state index in [9.17, 15) is 4.79 Å². The number of hydrogen-bond acceptors (Lipinski definition) is 4. The summed E-state index contributed by atoms with van der Waals surface area (Å²) in [5, 5.41) is 3.27. The van der Waals surface area contributed by atoms with Gasteiger partial charge in [-0.1, -0.05) is 31.6 Å². The zero-order valence-electron chi connectivity index (χ0n) is 8.66. The first-order chi connectivity index (χ1) is 7.04. The van der Waals surface area contributed by atoms with Crippen molar-refractivity contribution >= 4 is 38.3 Å². The highest BCUT2D eigenvalue weighted by molar-refractivity contribution is 9.11. The maximum Gasteiger partial charge on any atom is 0.243 e. The molecule has 1 rings (SSSR count). The summed E-state index contributed by atoms with van der Waals surface area (Å²) >= 11 is 4.65. The quantitative estimate of drug-likeness (QED) is 0.894. The zero-order valence-corrected chi connectivity index (χ0v) is 11.1. The number of amides is 1. The number of nitrogens with zero attached hydrogens (tertiary/aromatic N) is 1. The van der Waals surface area contributed by atoms with Gasteiger partial charge in [-0.25, -0.2) is 4.98 Å². The van der Waals surface area contributed by atoms with Gasteiger partial charge in [-0.15, -0.1) is 0 Å². The highest BCUT2D eigenvalue weighted by Crippen LogP contribution is 2.23. The van der Waals surface area contributed by atoms with Gasteiger partial charge in [0.1, 0.15) is 0 Å². The molecule has 2 atom stereocenters. The molecule has 1 aromatic rings. The molecule has 1 amide bonds. The number of carbonyl (C=O) groups excluding carboxylic acids is 1. The minimum Gasteiger partial charge on any atom is -0.320 e. The molecule has 0 aromatic carbocycles. The molecule has 15 heavy (non-hydrogen) atoms. The molecular formula is C9H14BrN3OS. The standard InChI is InChI=1S/C9H14BrN3OS/c1-3-5(2)7(11)8(14)13-9-12-4-6(10)15-9/h4-5,7H,3,11H2,1-2H3,(H,12,13,14)/t5?,7-/m0/s1. The highest BCUT2D eigenvalue weighted by atomic mass is 79.9. The maximum atomic E-state index is 11.6. The van der Waals surface area contributed by atoms with Crippen molar-refractivity contribution in [2.24, 2.45) is 11.7 Å². The fourth-order valence-corrected chi connectivity index (χ4v) is 2.12. The Morgan fingerprint density at radius 1 is 1.80 bits per heavy atom. The van der Waals surface area contributed by atoms with Crippen LogP contribution >= 0.6 is 27.3 Å². The number of aromatic nitrogens is 1. The molecule has 1 unspecified atom stereocenters. The van der Waals surface area contributed by atoms with Gasteiger partial charge < -0.3 is 11.1 Å². The third-order valence-corrected chi connectivity index (χ3v) is 3.66. The van der Waals surface area contributed by atoms with Crippen molar-refractivity contribution < 1.29 is 4.79 Å². The fourth-order valence-electron chi connectivity index (χ4n) is 1.01. The van der Waals surface area contributed by atoms with Crippen LogP contribution in [0.15, 0.2) is 9.98 Å². The van der Waals surface area contributed by atoms with Crippen molar-refractivity contribution in [1.29, 1.82) is 0 Å². The summed E-state index contributed by atoms with van der Waals surface area (Å²) < 4.78 is 0.884. The third kappa shape index (κ3) is 3.55. The Bertz CT molecular complexity index is 342. The van der Waals surface area contributed by atoms with E-state index in [0.717, 1.165) is 10.2 Å². The Morgan fingerprint density at radius 3 is 2.93 bits per heavy atom. The predicted molar refractivity (Wildman–Crippen MR) is 65.9 cm³/mol. The van der Waals surface area contributed by atoms with Gasteiger partial charge in [0.2, 0.25) is 5.91 Å². The van der Waals surface area contributed by atoms with Gasteiger partial charge in [0.15, 0.2) is 5.13 Å². The van der Waals surface area contributed by atoms with Crippen LogP contribution < -0.4 is 11.1 Å². The lowest BCUT2D eigenvalue weighted by Gasteiger charge is -2.16. The Labute approximate surface area is 101 Å². The number of hydrogen-bond donors (Lipinski definition) is 2. The Balaban J connectivity index is 2.55. The van der Waals surface area contributed by atoms with Crippen molar-refractivity contribution in [1.82, 2.24) is 4.98 Å². The number of carbonyl (C=O) groups is 1. The summed E-state index contributed by atoms with van der Waals surface area (Å²) in [7, 11) is 0. The Hall–Kier alpha value is -0.460. The molecular weight excluding hydrogens is 278 g/mol. The van der Waals surface area contributed by atoms with Crippen molar-refractivity contribution in [3.63, 3.8) is 0 Å². The minimum absolute atomic E-state index is 0.174. The molecule has 1 heterocycles. The lowest BCUT2D eigenvalue weighted by atomic mass is 10.00. The molecule has 0 bridgehead atoms. The summed E-state index contributed by atoms with van der Waals surface area (Å²) in [6.45, 7) is 3.97. The molecule has 84 valence electrons. The first-order valence-electron chi connectivity index (χ1n) is 4.72. The molecule has 0 aliphatic carbocycles. The Kier molecular flexibility index (Phi) is 4.69. The summed E-state index contributed by atoms with van der Waals surface area (Å²) in [6.07, 6.45) is 2.53. The number of halogens is 1. The number of nitrogens with two attached hydrogens (primary N) is 1. The molecule has 0 aliphatic heterocycles. The molecule has 0 fully saturated rings. The van der Waals surface area contributed by atoms with Crippen molar-refractivity contribution in [2.45, 2.75) is 26.3 Å². The van der Waals surface area contributed by atoms with Crippen LogP contribution in [-0.4, -0.2) is 16.9 Å². The number of thiazole rings is 1. The average molecular weight is 292 g/mol. The molecule has 3 N–H and O–H groups in total. The summed E-state index contributed by atoms with van der Waals surface area (Å²) in [5.74, 6) is -0.000368. The van der Waals surface area contributed by atoms with E-state index in [4.69, 9.17) is 5.73 Å². The largest absolute Gasteiger partial charge is 0.320 e. The van der Waals surface area contributed by atoms with Crippen molar-refractivity contribution in [2.75, 3.05) is 5.32 Å². The first kappa shape index (κ1) is 12.6. The van der Waals surface area contributed by atoms with Crippen LogP contribution in [0.5, 0.6) is 0 Å². The van der Waals surface area contributed by atoms with E-state index in [-0.39, 0.29) is 11.8 Å². The highest BCUT2D eigenvalue weighted by Gasteiger charge is 2.20. The Morgan fingerprint density at radius 2 is 2.47 bits per heavy atom. The lowest BCUT2D eigenvalue weighted by Crippen LogP contribution is -2.40. The van der Waals surface area contributed by atoms with Crippen LogP contribution in [0.25, 0.3) is 0 Å².